The first-order valence-corrected chi connectivity index (χ1v) is 16.1. The van der Waals surface area contributed by atoms with Gasteiger partial charge in [-0.3, -0.25) is 0 Å². The summed E-state index contributed by atoms with van der Waals surface area (Å²) in [6.45, 7) is 0. The van der Waals surface area contributed by atoms with Gasteiger partial charge < -0.3 is 14.2 Å². The number of nitrogens with one attached hydrogen (secondary N) is 1. The molecule has 0 spiro atoms. The normalized spacial score (nSPS) is 14.9. The molecule has 0 aliphatic carbocycles. The van der Waals surface area contributed by atoms with E-state index >= 15 is 0 Å². The Balaban J connectivity index is 1.11. The van der Waals surface area contributed by atoms with Gasteiger partial charge in [-0.25, -0.2) is 9.98 Å². The van der Waals surface area contributed by atoms with E-state index in [4.69, 9.17) is 18.8 Å². The van der Waals surface area contributed by atoms with Crippen LogP contribution in [0, 0.1) is 0 Å². The van der Waals surface area contributed by atoms with E-state index in [1.165, 1.54) is 10.8 Å². The van der Waals surface area contributed by atoms with Gasteiger partial charge >= 0.3 is 0 Å². The van der Waals surface area contributed by atoms with Crippen molar-refractivity contribution in [1.29, 1.82) is 0 Å². The average Bonchev–Trinajstić information content (AvgIpc) is 3.73. The summed E-state index contributed by atoms with van der Waals surface area (Å²) in [7, 11) is 0. The molecule has 10 rings (SSSR count). The van der Waals surface area contributed by atoms with Gasteiger partial charge in [-0.15, -0.1) is 0 Å². The molecule has 1 atom stereocenters. The maximum Gasteiger partial charge on any atom is 0.160 e. The molecule has 0 amide bonds. The van der Waals surface area contributed by atoms with Crippen molar-refractivity contribution in [2.24, 2.45) is 9.98 Å². The van der Waals surface area contributed by atoms with E-state index < -0.39 is 0 Å². The molecule has 2 aromatic heterocycles. The third-order valence-corrected chi connectivity index (χ3v) is 9.35. The molecule has 0 radical (unpaired) electrons. The Kier molecular flexibility index (Phi) is 5.87. The molecule has 0 fully saturated rings. The fraction of sp³-hybridized carbons (Fsp3) is 0.0233. The minimum absolute atomic E-state index is 0.337. The minimum Gasteiger partial charge on any atom is -0.456 e. The number of fused-ring (bicyclic) bond motifs is 7. The van der Waals surface area contributed by atoms with E-state index in [2.05, 4.69) is 108 Å². The van der Waals surface area contributed by atoms with Gasteiger partial charge in [-0.05, 0) is 57.8 Å². The fourth-order valence-electron chi connectivity index (χ4n) is 7.05. The first-order valence-electron chi connectivity index (χ1n) is 16.1. The molecule has 5 heteroatoms. The molecule has 226 valence electrons. The highest BCUT2D eigenvalue weighted by Gasteiger charge is 2.24. The Morgan fingerprint density at radius 2 is 1.06 bits per heavy atom. The lowest BCUT2D eigenvalue weighted by Gasteiger charge is -2.24. The number of amidine groups is 2. The molecule has 0 saturated carbocycles. The Bertz CT molecular complexity index is 2770. The van der Waals surface area contributed by atoms with Crippen molar-refractivity contribution in [3.63, 3.8) is 0 Å². The summed E-state index contributed by atoms with van der Waals surface area (Å²) >= 11 is 0. The van der Waals surface area contributed by atoms with Crippen molar-refractivity contribution < 1.29 is 8.83 Å². The van der Waals surface area contributed by atoms with Crippen LogP contribution in [0.4, 0.5) is 0 Å². The van der Waals surface area contributed by atoms with Crippen LogP contribution >= 0.6 is 0 Å². The van der Waals surface area contributed by atoms with E-state index in [0.29, 0.717) is 5.84 Å². The zero-order valence-electron chi connectivity index (χ0n) is 25.7. The molecule has 1 unspecified atom stereocenters. The van der Waals surface area contributed by atoms with Crippen molar-refractivity contribution in [3.05, 3.63) is 168 Å². The molecule has 1 aliphatic rings. The topological polar surface area (TPSA) is 63.0 Å². The molecule has 0 bridgehead atoms. The number of nitrogens with zero attached hydrogens (tertiary/aromatic N) is 2. The van der Waals surface area contributed by atoms with Gasteiger partial charge in [-0.2, -0.15) is 0 Å². The third-order valence-electron chi connectivity index (χ3n) is 9.35. The second-order valence-electron chi connectivity index (χ2n) is 12.2. The van der Waals surface area contributed by atoms with Gasteiger partial charge in [-0.1, -0.05) is 121 Å². The van der Waals surface area contributed by atoms with Gasteiger partial charge in [0.05, 0.1) is 0 Å². The first kappa shape index (κ1) is 26.7. The molecule has 48 heavy (non-hydrogen) atoms. The number of hydrogen-bond acceptors (Lipinski definition) is 5. The molecule has 3 heterocycles. The van der Waals surface area contributed by atoms with Crippen molar-refractivity contribution >= 4 is 66.3 Å². The summed E-state index contributed by atoms with van der Waals surface area (Å²) in [6.07, 6.45) is -0.337. The molecular formula is C43H27N3O2. The lowest BCUT2D eigenvalue weighted by Crippen LogP contribution is -2.33. The quantitative estimate of drug-likeness (QED) is 0.214. The van der Waals surface area contributed by atoms with E-state index in [0.717, 1.165) is 77.5 Å². The van der Waals surface area contributed by atoms with Crippen LogP contribution in [0.15, 0.2) is 170 Å². The predicted octanol–water partition coefficient (Wildman–Crippen LogP) is 10.8. The van der Waals surface area contributed by atoms with Gasteiger partial charge in [0.15, 0.2) is 5.84 Å². The molecule has 1 aliphatic heterocycles. The van der Waals surface area contributed by atoms with Gasteiger partial charge in [0, 0.05) is 32.7 Å². The summed E-state index contributed by atoms with van der Waals surface area (Å²) in [5, 5.41) is 10.3. The monoisotopic (exact) mass is 617 g/mol. The number of para-hydroxylation sites is 2. The zero-order chi connectivity index (χ0) is 31.6. The second-order valence-corrected chi connectivity index (χ2v) is 12.2. The maximum atomic E-state index is 6.24. The highest BCUT2D eigenvalue weighted by molar-refractivity contribution is 6.22. The van der Waals surface area contributed by atoms with Gasteiger partial charge in [0.2, 0.25) is 0 Å². The number of hydrogen-bond donors (Lipinski definition) is 1. The second kappa shape index (κ2) is 10.5. The van der Waals surface area contributed by atoms with Crippen molar-refractivity contribution in [3.8, 4) is 11.1 Å². The van der Waals surface area contributed by atoms with Crippen molar-refractivity contribution in [2.45, 2.75) is 6.17 Å². The number of furan rings is 2. The van der Waals surface area contributed by atoms with E-state index in [1.807, 2.05) is 48.5 Å². The summed E-state index contributed by atoms with van der Waals surface area (Å²) < 4.78 is 12.4. The Morgan fingerprint density at radius 1 is 0.479 bits per heavy atom. The van der Waals surface area contributed by atoms with E-state index in [-0.39, 0.29) is 6.17 Å². The lowest BCUT2D eigenvalue weighted by atomic mass is 9.98. The first-order chi connectivity index (χ1) is 23.8. The standard InChI is InChI=1S/C43H27N3O2/c1-2-10-29-25-30(24-19-26(29)9-1)42-44-41(45-43(46-42)34-14-8-18-38-40(34)33-12-4-6-16-36(33)48-38)28-22-20-27(21-23-28)31-13-7-17-37-39(31)32-11-3-5-15-35(32)47-37/h1-25,42H,(H,44,45,46). The number of aliphatic imine (C=N–C) groups is 2. The maximum absolute atomic E-state index is 6.24. The van der Waals surface area contributed by atoms with E-state index in [1.54, 1.807) is 0 Å². The zero-order valence-corrected chi connectivity index (χ0v) is 25.7. The predicted molar refractivity (Wildman–Crippen MR) is 196 cm³/mol. The average molecular weight is 618 g/mol. The summed E-state index contributed by atoms with van der Waals surface area (Å²) in [4.78, 5) is 10.4. The Morgan fingerprint density at radius 3 is 1.79 bits per heavy atom. The van der Waals surface area contributed by atoms with E-state index in [9.17, 15) is 0 Å². The minimum atomic E-state index is -0.337. The summed E-state index contributed by atoms with van der Waals surface area (Å²) in [6, 6.07) is 52.2. The molecule has 1 N–H and O–H groups in total. The van der Waals surface area contributed by atoms with Crippen LogP contribution in [0.5, 0.6) is 0 Å². The SMILES string of the molecule is c1ccc2cc(C3N=C(c4cccc5oc6ccccc6c45)N=C(c4ccc(-c5cccc6oc7ccccc7c56)cc4)N3)ccc2c1. The van der Waals surface area contributed by atoms with Gasteiger partial charge in [0.1, 0.15) is 34.3 Å². The van der Waals surface area contributed by atoms with Crippen LogP contribution in [0.3, 0.4) is 0 Å². The van der Waals surface area contributed by atoms with Crippen LogP contribution in [-0.2, 0) is 0 Å². The Hall–Kier alpha value is -6.46. The Labute approximate surface area is 275 Å². The number of rotatable bonds is 4. The highest BCUT2D eigenvalue weighted by Crippen LogP contribution is 2.37. The molecule has 0 saturated heterocycles. The molecule has 7 aromatic carbocycles. The summed E-state index contributed by atoms with van der Waals surface area (Å²) in [5.41, 5.74) is 8.68. The third kappa shape index (κ3) is 4.25. The van der Waals surface area contributed by atoms with Crippen molar-refractivity contribution in [1.82, 2.24) is 5.32 Å². The van der Waals surface area contributed by atoms with Crippen molar-refractivity contribution in [2.75, 3.05) is 0 Å². The largest absolute Gasteiger partial charge is 0.456 e. The number of benzene rings is 7. The van der Waals surface area contributed by atoms with Crippen LogP contribution in [0.2, 0.25) is 0 Å². The smallest absolute Gasteiger partial charge is 0.160 e. The lowest BCUT2D eigenvalue weighted by molar-refractivity contribution is 0.668. The van der Waals surface area contributed by atoms with Crippen LogP contribution in [0.1, 0.15) is 22.9 Å². The van der Waals surface area contributed by atoms with Crippen LogP contribution < -0.4 is 5.32 Å². The van der Waals surface area contributed by atoms with Crippen LogP contribution in [-0.4, -0.2) is 11.7 Å². The van der Waals surface area contributed by atoms with Crippen LogP contribution in [0.25, 0.3) is 65.8 Å². The molecular weight excluding hydrogens is 590 g/mol. The van der Waals surface area contributed by atoms with Gasteiger partial charge in [0.25, 0.3) is 0 Å². The fourth-order valence-corrected chi connectivity index (χ4v) is 7.05. The molecule has 5 nitrogen and oxygen atoms in total. The summed E-state index contributed by atoms with van der Waals surface area (Å²) in [5.74, 6) is 1.43. The molecule has 9 aromatic rings. The highest BCUT2D eigenvalue weighted by atomic mass is 16.3.